The van der Waals surface area contributed by atoms with Crippen LogP contribution in [-0.4, -0.2) is 23.8 Å². The molecule has 58 valence electrons. The maximum atomic E-state index is 5.14. The van der Waals surface area contributed by atoms with Crippen molar-refractivity contribution in [2.24, 2.45) is 0 Å². The molecule has 1 heterocycles. The van der Waals surface area contributed by atoms with Crippen LogP contribution in [0.2, 0.25) is 0 Å². The normalized spacial score (nSPS) is 9.18. The van der Waals surface area contributed by atoms with E-state index in [1.54, 1.807) is 0 Å². The van der Waals surface area contributed by atoms with Gasteiger partial charge in [-0.15, -0.1) is 6.42 Å². The van der Waals surface area contributed by atoms with Gasteiger partial charge >= 0.3 is 0 Å². The number of terminal acetylenes is 1. The number of aromatic amines is 1. The van der Waals surface area contributed by atoms with Crippen LogP contribution in [0.3, 0.4) is 0 Å². The molecule has 0 spiro atoms. The molecule has 0 atom stereocenters. The van der Waals surface area contributed by atoms with Gasteiger partial charge in [-0.3, -0.25) is 5.10 Å². The summed E-state index contributed by atoms with van der Waals surface area (Å²) in [6.45, 7) is 2.55. The van der Waals surface area contributed by atoms with Gasteiger partial charge in [-0.2, -0.15) is 5.10 Å². The molecule has 3 nitrogen and oxygen atoms in total. The zero-order valence-electron chi connectivity index (χ0n) is 6.76. The Morgan fingerprint density at radius 1 is 1.82 bits per heavy atom. The Morgan fingerprint density at radius 2 is 2.55 bits per heavy atom. The second-order valence-electron chi connectivity index (χ2n) is 2.47. The average Bonchev–Trinajstić information content (AvgIpc) is 2.36. The molecule has 0 aliphatic heterocycles. The summed E-state index contributed by atoms with van der Waals surface area (Å²) in [4.78, 5) is 1.91. The minimum absolute atomic E-state index is 0.588. The van der Waals surface area contributed by atoms with Crippen molar-refractivity contribution in [2.45, 2.75) is 6.92 Å². The Labute approximate surface area is 66.4 Å². The number of hydrogen-bond donors (Lipinski definition) is 1. The fraction of sp³-hybridized carbons (Fsp3) is 0.375. The van der Waals surface area contributed by atoms with Crippen LogP contribution in [0.4, 0.5) is 5.82 Å². The van der Waals surface area contributed by atoms with Gasteiger partial charge in [0.1, 0.15) is 0 Å². The third kappa shape index (κ3) is 1.74. The van der Waals surface area contributed by atoms with E-state index in [9.17, 15) is 0 Å². The van der Waals surface area contributed by atoms with E-state index in [1.165, 1.54) is 0 Å². The van der Waals surface area contributed by atoms with Gasteiger partial charge in [-0.05, 0) is 6.92 Å². The van der Waals surface area contributed by atoms with Gasteiger partial charge in [0, 0.05) is 18.8 Å². The zero-order valence-corrected chi connectivity index (χ0v) is 6.76. The van der Waals surface area contributed by atoms with E-state index in [1.807, 2.05) is 24.9 Å². The standard InChI is InChI=1S/C8H11N3/c1-4-5-11(3)8-6-7(2)9-10-8/h1,6H,5H2,2-3H3,(H,9,10). The molecule has 1 aromatic heterocycles. The molecule has 1 aromatic rings. The lowest BCUT2D eigenvalue weighted by molar-refractivity contribution is 0.966. The van der Waals surface area contributed by atoms with Crippen molar-refractivity contribution in [3.05, 3.63) is 11.8 Å². The first-order valence-electron chi connectivity index (χ1n) is 3.40. The van der Waals surface area contributed by atoms with Gasteiger partial charge in [0.25, 0.3) is 0 Å². The molecule has 0 aliphatic rings. The predicted molar refractivity (Wildman–Crippen MR) is 45.4 cm³/mol. The molecule has 0 aromatic carbocycles. The molecule has 0 unspecified atom stereocenters. The van der Waals surface area contributed by atoms with Crippen molar-refractivity contribution in [1.82, 2.24) is 10.2 Å². The number of aromatic nitrogens is 2. The van der Waals surface area contributed by atoms with Gasteiger partial charge in [0.2, 0.25) is 0 Å². The molecule has 0 bridgehead atoms. The molecule has 0 radical (unpaired) electrons. The van der Waals surface area contributed by atoms with Crippen LogP contribution in [0, 0.1) is 19.3 Å². The summed E-state index contributed by atoms with van der Waals surface area (Å²) in [5.74, 6) is 3.44. The quantitative estimate of drug-likeness (QED) is 0.630. The summed E-state index contributed by atoms with van der Waals surface area (Å²) in [5, 5.41) is 6.89. The van der Waals surface area contributed by atoms with E-state index in [0.29, 0.717) is 6.54 Å². The maximum absolute atomic E-state index is 5.14. The van der Waals surface area contributed by atoms with Crippen LogP contribution in [0.25, 0.3) is 0 Å². The topological polar surface area (TPSA) is 31.9 Å². The highest BCUT2D eigenvalue weighted by Gasteiger charge is 2.00. The van der Waals surface area contributed by atoms with E-state index in [4.69, 9.17) is 6.42 Å². The van der Waals surface area contributed by atoms with Crippen LogP contribution >= 0.6 is 0 Å². The first-order valence-corrected chi connectivity index (χ1v) is 3.40. The SMILES string of the molecule is C#CCN(C)c1cc(C)[nH]n1. The number of nitrogens with one attached hydrogen (secondary N) is 1. The van der Waals surface area contributed by atoms with Gasteiger partial charge in [0.05, 0.1) is 6.54 Å². The van der Waals surface area contributed by atoms with Crippen LogP contribution in [0.1, 0.15) is 5.69 Å². The Kier molecular flexibility index (Phi) is 2.17. The van der Waals surface area contributed by atoms with Crippen molar-refractivity contribution >= 4 is 5.82 Å². The Bertz CT molecular complexity index is 269. The van der Waals surface area contributed by atoms with Gasteiger partial charge < -0.3 is 4.90 Å². The molecule has 0 fully saturated rings. The molecule has 1 N–H and O–H groups in total. The van der Waals surface area contributed by atoms with E-state index < -0.39 is 0 Å². The lowest BCUT2D eigenvalue weighted by Crippen LogP contribution is -2.17. The highest BCUT2D eigenvalue weighted by molar-refractivity contribution is 5.39. The average molecular weight is 149 g/mol. The smallest absolute Gasteiger partial charge is 0.151 e. The predicted octanol–water partition coefficient (Wildman–Crippen LogP) is 0.788. The lowest BCUT2D eigenvalue weighted by atomic mass is 10.4. The van der Waals surface area contributed by atoms with Crippen molar-refractivity contribution in [3.63, 3.8) is 0 Å². The van der Waals surface area contributed by atoms with E-state index in [2.05, 4.69) is 16.1 Å². The van der Waals surface area contributed by atoms with E-state index in [0.717, 1.165) is 11.5 Å². The molecule has 0 saturated heterocycles. The van der Waals surface area contributed by atoms with Crippen molar-refractivity contribution < 1.29 is 0 Å². The van der Waals surface area contributed by atoms with E-state index in [-0.39, 0.29) is 0 Å². The highest BCUT2D eigenvalue weighted by Crippen LogP contribution is 2.07. The van der Waals surface area contributed by atoms with Crippen LogP contribution in [-0.2, 0) is 0 Å². The lowest BCUT2D eigenvalue weighted by Gasteiger charge is -2.10. The maximum Gasteiger partial charge on any atom is 0.151 e. The minimum atomic E-state index is 0.588. The Hall–Kier alpha value is -1.43. The van der Waals surface area contributed by atoms with Gasteiger partial charge in [0.15, 0.2) is 5.82 Å². The molecular formula is C8H11N3. The molecule has 0 saturated carbocycles. The molecule has 0 amide bonds. The number of H-pyrrole nitrogens is 1. The molecular weight excluding hydrogens is 138 g/mol. The van der Waals surface area contributed by atoms with Crippen molar-refractivity contribution in [2.75, 3.05) is 18.5 Å². The summed E-state index contributed by atoms with van der Waals surface area (Å²) in [7, 11) is 1.91. The number of rotatable bonds is 2. The minimum Gasteiger partial charge on any atom is -0.347 e. The number of anilines is 1. The van der Waals surface area contributed by atoms with E-state index >= 15 is 0 Å². The van der Waals surface area contributed by atoms with Crippen molar-refractivity contribution in [3.8, 4) is 12.3 Å². The first kappa shape index (κ1) is 7.67. The molecule has 3 heteroatoms. The summed E-state index contributed by atoms with van der Waals surface area (Å²) in [5.41, 5.74) is 1.05. The Balaban J connectivity index is 2.70. The van der Waals surface area contributed by atoms with Crippen molar-refractivity contribution in [1.29, 1.82) is 0 Å². The van der Waals surface area contributed by atoms with Crippen LogP contribution < -0.4 is 4.90 Å². The third-order valence-corrected chi connectivity index (χ3v) is 1.41. The van der Waals surface area contributed by atoms with Crippen LogP contribution in [0.15, 0.2) is 6.07 Å². The highest BCUT2D eigenvalue weighted by atomic mass is 15.3. The fourth-order valence-electron chi connectivity index (χ4n) is 0.817. The zero-order chi connectivity index (χ0) is 8.27. The number of hydrogen-bond acceptors (Lipinski definition) is 2. The molecule has 1 rings (SSSR count). The Morgan fingerprint density at radius 3 is 3.00 bits per heavy atom. The second kappa shape index (κ2) is 3.11. The monoisotopic (exact) mass is 149 g/mol. The molecule has 11 heavy (non-hydrogen) atoms. The largest absolute Gasteiger partial charge is 0.347 e. The number of aryl methyl sites for hydroxylation is 1. The van der Waals surface area contributed by atoms with Gasteiger partial charge in [-0.1, -0.05) is 5.92 Å². The summed E-state index contributed by atoms with van der Waals surface area (Å²) < 4.78 is 0. The third-order valence-electron chi connectivity index (χ3n) is 1.41. The summed E-state index contributed by atoms with van der Waals surface area (Å²) in [6, 6.07) is 1.96. The van der Waals surface area contributed by atoms with Gasteiger partial charge in [-0.25, -0.2) is 0 Å². The summed E-state index contributed by atoms with van der Waals surface area (Å²) >= 11 is 0. The fourth-order valence-corrected chi connectivity index (χ4v) is 0.817. The number of nitrogens with zero attached hydrogens (tertiary/aromatic N) is 2. The molecule has 0 aliphatic carbocycles. The van der Waals surface area contributed by atoms with Crippen LogP contribution in [0.5, 0.6) is 0 Å². The first-order chi connectivity index (χ1) is 5.24. The summed E-state index contributed by atoms with van der Waals surface area (Å²) in [6.07, 6.45) is 5.14. The second-order valence-corrected chi connectivity index (χ2v) is 2.47.